The number of aromatic nitrogens is 5. The molecule has 9 nitrogen and oxygen atoms in total. The molecule has 4 heterocycles. The molecular weight excluding hydrogens is 440 g/mol. The smallest absolute Gasteiger partial charge is 0.254 e. The van der Waals surface area contributed by atoms with Crippen molar-refractivity contribution in [3.8, 4) is 0 Å². The second-order valence-corrected chi connectivity index (χ2v) is 8.74. The summed E-state index contributed by atoms with van der Waals surface area (Å²) in [5.41, 5.74) is 10.5. The molecule has 1 fully saturated rings. The topological polar surface area (TPSA) is 106 Å². The van der Waals surface area contributed by atoms with Crippen LogP contribution in [-0.2, 0) is 11.2 Å². The van der Waals surface area contributed by atoms with E-state index in [0.717, 1.165) is 46.6 Å². The Hall–Kier alpha value is -3.46. The molecule has 0 bridgehead atoms. The van der Waals surface area contributed by atoms with Crippen LogP contribution in [0.4, 0.5) is 11.6 Å². The Morgan fingerprint density at radius 3 is 2.70 bits per heavy atom. The molecule has 4 aromatic rings. The fourth-order valence-corrected chi connectivity index (χ4v) is 4.72. The van der Waals surface area contributed by atoms with E-state index in [1.807, 2.05) is 49.2 Å². The monoisotopic (exact) mass is 464 g/mol. The van der Waals surface area contributed by atoms with E-state index in [1.165, 1.54) is 0 Å². The molecule has 1 aliphatic heterocycles. The van der Waals surface area contributed by atoms with Crippen LogP contribution in [-0.4, -0.2) is 61.6 Å². The van der Waals surface area contributed by atoms with E-state index in [2.05, 4.69) is 25.0 Å². The van der Waals surface area contributed by atoms with Gasteiger partial charge in [-0.05, 0) is 50.1 Å². The summed E-state index contributed by atoms with van der Waals surface area (Å²) in [5, 5.41) is 5.95. The minimum atomic E-state index is 0.151. The van der Waals surface area contributed by atoms with E-state index in [-0.39, 0.29) is 11.9 Å². The van der Waals surface area contributed by atoms with Crippen molar-refractivity contribution < 1.29 is 4.79 Å². The molecule has 3 aromatic heterocycles. The molecule has 1 saturated heterocycles. The van der Waals surface area contributed by atoms with Gasteiger partial charge in [0.1, 0.15) is 0 Å². The number of amides is 1. The van der Waals surface area contributed by atoms with E-state index in [0.29, 0.717) is 36.7 Å². The number of rotatable bonds is 4. The van der Waals surface area contributed by atoms with Crippen molar-refractivity contribution in [1.82, 2.24) is 29.5 Å². The summed E-state index contributed by atoms with van der Waals surface area (Å²) < 4.78 is 1.65. The molecular formula is C23H25ClN8O. The van der Waals surface area contributed by atoms with Crippen molar-refractivity contribution in [2.45, 2.75) is 26.7 Å². The number of piperazine rings is 1. The average molecular weight is 465 g/mol. The van der Waals surface area contributed by atoms with Gasteiger partial charge in [-0.1, -0.05) is 11.6 Å². The van der Waals surface area contributed by atoms with E-state index in [9.17, 15) is 4.79 Å². The highest BCUT2D eigenvalue weighted by Gasteiger charge is 2.23. The summed E-state index contributed by atoms with van der Waals surface area (Å²) in [5.74, 6) is 0.832. The van der Waals surface area contributed by atoms with Gasteiger partial charge in [-0.25, -0.2) is 4.98 Å². The summed E-state index contributed by atoms with van der Waals surface area (Å²) in [6.45, 7) is 6.81. The van der Waals surface area contributed by atoms with E-state index < -0.39 is 0 Å². The molecule has 0 spiro atoms. The number of nitrogens with zero attached hydrogens (tertiary/aromatic N) is 7. The Morgan fingerprint density at radius 2 is 1.91 bits per heavy atom. The number of pyridine rings is 1. The Morgan fingerprint density at radius 1 is 1.12 bits per heavy atom. The fourth-order valence-electron chi connectivity index (χ4n) is 4.55. The number of fused-ring (bicyclic) bond motifs is 2. The molecule has 33 heavy (non-hydrogen) atoms. The second-order valence-electron chi connectivity index (χ2n) is 8.30. The van der Waals surface area contributed by atoms with Gasteiger partial charge >= 0.3 is 0 Å². The molecule has 1 aliphatic rings. The van der Waals surface area contributed by atoms with Crippen LogP contribution in [0.25, 0.3) is 16.7 Å². The average Bonchev–Trinajstić information content (AvgIpc) is 3.18. The summed E-state index contributed by atoms with van der Waals surface area (Å²) in [6.07, 6.45) is 2.84. The lowest BCUT2D eigenvalue weighted by molar-refractivity contribution is -0.131. The van der Waals surface area contributed by atoms with Crippen LogP contribution < -0.4 is 10.6 Å². The van der Waals surface area contributed by atoms with Crippen molar-refractivity contribution in [2.24, 2.45) is 0 Å². The van der Waals surface area contributed by atoms with Gasteiger partial charge in [0.25, 0.3) is 5.78 Å². The maximum atomic E-state index is 13.0. The van der Waals surface area contributed by atoms with Crippen molar-refractivity contribution in [3.05, 3.63) is 52.4 Å². The molecule has 2 N–H and O–H groups in total. The van der Waals surface area contributed by atoms with Gasteiger partial charge in [0.2, 0.25) is 11.9 Å². The SMILES string of the molecule is Cc1nc2nc(N)nn2c(C)c1CCC(=O)N1CCN(c2ccnc3cc(Cl)ccc23)CC1. The molecule has 170 valence electrons. The summed E-state index contributed by atoms with van der Waals surface area (Å²) >= 11 is 6.12. The molecule has 5 rings (SSSR count). The largest absolute Gasteiger partial charge is 0.367 e. The predicted molar refractivity (Wildman–Crippen MR) is 129 cm³/mol. The normalized spacial score (nSPS) is 14.4. The molecule has 0 aliphatic carbocycles. The first-order valence-electron chi connectivity index (χ1n) is 11.0. The molecule has 0 unspecified atom stereocenters. The highest BCUT2D eigenvalue weighted by molar-refractivity contribution is 6.31. The minimum Gasteiger partial charge on any atom is -0.367 e. The van der Waals surface area contributed by atoms with Gasteiger partial charge < -0.3 is 15.5 Å². The number of nitrogen functional groups attached to an aromatic ring is 1. The third kappa shape index (κ3) is 4.04. The Kier molecular flexibility index (Phi) is 5.49. The highest BCUT2D eigenvalue weighted by Crippen LogP contribution is 2.28. The summed E-state index contributed by atoms with van der Waals surface area (Å²) in [6, 6.07) is 7.80. The number of aryl methyl sites for hydroxylation is 2. The van der Waals surface area contributed by atoms with Gasteiger partial charge in [0, 0.05) is 66.3 Å². The number of nitrogens with two attached hydrogens (primary N) is 1. The van der Waals surface area contributed by atoms with E-state index in [1.54, 1.807) is 4.52 Å². The van der Waals surface area contributed by atoms with Crippen LogP contribution in [0.15, 0.2) is 30.5 Å². The van der Waals surface area contributed by atoms with Crippen LogP contribution in [0.5, 0.6) is 0 Å². The lowest BCUT2D eigenvalue weighted by Gasteiger charge is -2.36. The van der Waals surface area contributed by atoms with E-state index in [4.69, 9.17) is 17.3 Å². The van der Waals surface area contributed by atoms with Crippen LogP contribution >= 0.6 is 11.6 Å². The predicted octanol–water partition coefficient (Wildman–Crippen LogP) is 2.81. The minimum absolute atomic E-state index is 0.151. The lowest BCUT2D eigenvalue weighted by Crippen LogP contribution is -2.49. The number of carbonyl (C=O) groups excluding carboxylic acids is 1. The zero-order valence-corrected chi connectivity index (χ0v) is 19.4. The Bertz CT molecular complexity index is 1360. The maximum Gasteiger partial charge on any atom is 0.254 e. The first-order chi connectivity index (χ1) is 15.9. The zero-order valence-electron chi connectivity index (χ0n) is 18.6. The standard InChI is InChI=1S/C23H25ClN8O/c1-14-17(15(2)32-23(27-14)28-22(25)29-32)5-6-21(33)31-11-9-30(10-12-31)20-7-8-26-19-13-16(24)3-4-18(19)20/h3-4,7-8,13H,5-6,9-12H2,1-2H3,(H2,25,29). The molecule has 0 radical (unpaired) electrons. The maximum absolute atomic E-state index is 13.0. The van der Waals surface area contributed by atoms with Crippen LogP contribution in [0.1, 0.15) is 23.4 Å². The molecule has 0 atom stereocenters. The lowest BCUT2D eigenvalue weighted by atomic mass is 10.1. The first-order valence-corrected chi connectivity index (χ1v) is 11.3. The molecule has 10 heteroatoms. The Balaban J connectivity index is 1.24. The molecule has 0 saturated carbocycles. The number of carbonyl (C=O) groups is 1. The van der Waals surface area contributed by atoms with Crippen LogP contribution in [0, 0.1) is 13.8 Å². The van der Waals surface area contributed by atoms with Gasteiger partial charge in [-0.3, -0.25) is 9.78 Å². The number of halogens is 1. The van der Waals surface area contributed by atoms with Gasteiger partial charge in [0.05, 0.1) is 5.52 Å². The van der Waals surface area contributed by atoms with E-state index >= 15 is 0 Å². The van der Waals surface area contributed by atoms with Gasteiger partial charge in [-0.15, -0.1) is 5.10 Å². The van der Waals surface area contributed by atoms with Gasteiger partial charge in [0.15, 0.2) is 0 Å². The molecule has 1 amide bonds. The third-order valence-corrected chi connectivity index (χ3v) is 6.54. The number of hydrogen-bond acceptors (Lipinski definition) is 7. The quantitative estimate of drug-likeness (QED) is 0.495. The van der Waals surface area contributed by atoms with Crippen molar-refractivity contribution in [3.63, 3.8) is 0 Å². The second kappa shape index (κ2) is 8.47. The molecule has 1 aromatic carbocycles. The number of hydrogen-bond donors (Lipinski definition) is 1. The third-order valence-electron chi connectivity index (χ3n) is 6.31. The number of benzene rings is 1. The summed E-state index contributed by atoms with van der Waals surface area (Å²) in [4.78, 5) is 30.3. The van der Waals surface area contributed by atoms with Crippen LogP contribution in [0.2, 0.25) is 5.02 Å². The highest BCUT2D eigenvalue weighted by atomic mass is 35.5. The van der Waals surface area contributed by atoms with Crippen molar-refractivity contribution in [2.75, 3.05) is 36.8 Å². The van der Waals surface area contributed by atoms with Crippen molar-refractivity contribution in [1.29, 1.82) is 0 Å². The summed E-state index contributed by atoms with van der Waals surface area (Å²) in [7, 11) is 0. The first kappa shape index (κ1) is 21.4. The Labute approximate surface area is 196 Å². The fraction of sp³-hybridized carbons (Fsp3) is 0.348. The van der Waals surface area contributed by atoms with Gasteiger partial charge in [-0.2, -0.15) is 9.50 Å². The van der Waals surface area contributed by atoms with Crippen molar-refractivity contribution >= 4 is 45.8 Å². The van der Waals surface area contributed by atoms with Crippen LogP contribution in [0.3, 0.4) is 0 Å². The zero-order chi connectivity index (χ0) is 23.1. The number of anilines is 2.